The first-order chi connectivity index (χ1) is 12.3. The van der Waals surface area contributed by atoms with Crippen LogP contribution in [-0.2, 0) is 14.2 Å². The first-order valence-corrected chi connectivity index (χ1v) is 9.47. The van der Waals surface area contributed by atoms with E-state index in [0.717, 1.165) is 0 Å². The smallest absolute Gasteiger partial charge is 0.352 e. The standard InChI is InChI=1S/C18H27F5O3/c1-10-8-24-17(25-9-10)11-2-4-12(5-3-11)18(22,23)26-13-6-14(19)16(21)15(20)7-13/h10-17H,2-9H2,1H3. The van der Waals surface area contributed by atoms with Crippen LogP contribution in [0.25, 0.3) is 0 Å². The summed E-state index contributed by atoms with van der Waals surface area (Å²) < 4.78 is 84.9. The maximum atomic E-state index is 14.4. The third-order valence-corrected chi connectivity index (χ3v) is 5.71. The SMILES string of the molecule is CC1COC(C2CCC(C(F)(F)OC3CC(F)C(F)C(F)C3)CC2)OC1. The Morgan fingerprint density at radius 1 is 0.885 bits per heavy atom. The van der Waals surface area contributed by atoms with Crippen LogP contribution in [-0.4, -0.2) is 50.2 Å². The van der Waals surface area contributed by atoms with Crippen molar-refractivity contribution in [2.24, 2.45) is 17.8 Å². The average molecular weight is 386 g/mol. The molecule has 3 aliphatic rings. The molecule has 1 aliphatic heterocycles. The van der Waals surface area contributed by atoms with Gasteiger partial charge in [-0.25, -0.2) is 13.2 Å². The van der Waals surface area contributed by atoms with E-state index < -0.39 is 49.5 Å². The second-order valence-electron chi connectivity index (χ2n) is 8.00. The van der Waals surface area contributed by atoms with Crippen molar-refractivity contribution in [2.45, 2.75) is 82.5 Å². The summed E-state index contributed by atoms with van der Waals surface area (Å²) in [6, 6.07) is 0. The summed E-state index contributed by atoms with van der Waals surface area (Å²) in [4.78, 5) is 0. The zero-order valence-electron chi connectivity index (χ0n) is 14.9. The van der Waals surface area contributed by atoms with E-state index in [-0.39, 0.29) is 25.0 Å². The Morgan fingerprint density at radius 3 is 1.96 bits per heavy atom. The Balaban J connectivity index is 1.48. The van der Waals surface area contributed by atoms with Gasteiger partial charge >= 0.3 is 6.11 Å². The van der Waals surface area contributed by atoms with E-state index in [9.17, 15) is 22.0 Å². The third-order valence-electron chi connectivity index (χ3n) is 5.71. The predicted molar refractivity (Wildman–Crippen MR) is 84.0 cm³/mol. The molecule has 1 saturated heterocycles. The third kappa shape index (κ3) is 4.68. The van der Waals surface area contributed by atoms with Crippen LogP contribution in [0.15, 0.2) is 0 Å². The van der Waals surface area contributed by atoms with Crippen LogP contribution >= 0.6 is 0 Å². The van der Waals surface area contributed by atoms with Crippen molar-refractivity contribution in [3.8, 4) is 0 Å². The lowest BCUT2D eigenvalue weighted by Crippen LogP contribution is -2.46. The molecule has 1 heterocycles. The Hall–Kier alpha value is -0.470. The summed E-state index contributed by atoms with van der Waals surface area (Å²) in [6.45, 7) is 3.23. The van der Waals surface area contributed by atoms with E-state index >= 15 is 0 Å². The van der Waals surface area contributed by atoms with Gasteiger partial charge in [0.15, 0.2) is 12.5 Å². The molecule has 3 rings (SSSR count). The normalized spacial score (nSPS) is 45.5. The lowest BCUT2D eigenvalue weighted by atomic mass is 9.80. The molecule has 0 spiro atoms. The molecule has 2 unspecified atom stereocenters. The molecular formula is C18H27F5O3. The highest BCUT2D eigenvalue weighted by Gasteiger charge is 2.48. The van der Waals surface area contributed by atoms with E-state index in [1.807, 2.05) is 6.92 Å². The Kier molecular flexibility index (Phi) is 6.45. The van der Waals surface area contributed by atoms with E-state index in [0.29, 0.717) is 32.0 Å². The summed E-state index contributed by atoms with van der Waals surface area (Å²) in [5, 5.41) is 0. The van der Waals surface area contributed by atoms with Crippen molar-refractivity contribution in [3.05, 3.63) is 0 Å². The number of hydrogen-bond donors (Lipinski definition) is 0. The minimum Gasteiger partial charge on any atom is -0.352 e. The van der Waals surface area contributed by atoms with Crippen molar-refractivity contribution >= 4 is 0 Å². The van der Waals surface area contributed by atoms with Crippen LogP contribution in [0.4, 0.5) is 22.0 Å². The summed E-state index contributed by atoms with van der Waals surface area (Å²) in [7, 11) is 0. The van der Waals surface area contributed by atoms with Gasteiger partial charge in [0.2, 0.25) is 0 Å². The van der Waals surface area contributed by atoms with E-state index in [2.05, 4.69) is 0 Å². The first kappa shape index (κ1) is 20.3. The number of alkyl halides is 5. The summed E-state index contributed by atoms with van der Waals surface area (Å²) in [5.41, 5.74) is 0. The van der Waals surface area contributed by atoms with Crippen LogP contribution in [0, 0.1) is 17.8 Å². The summed E-state index contributed by atoms with van der Waals surface area (Å²) in [5.74, 6) is -0.610. The van der Waals surface area contributed by atoms with Gasteiger partial charge < -0.3 is 14.2 Å². The molecule has 0 radical (unpaired) electrons. The van der Waals surface area contributed by atoms with Gasteiger partial charge in [-0.2, -0.15) is 8.78 Å². The maximum Gasteiger partial charge on any atom is 0.358 e. The molecule has 26 heavy (non-hydrogen) atoms. The van der Waals surface area contributed by atoms with Crippen molar-refractivity contribution in [1.82, 2.24) is 0 Å². The lowest BCUT2D eigenvalue weighted by Gasteiger charge is -2.40. The molecule has 2 atom stereocenters. The fraction of sp³-hybridized carbons (Fsp3) is 1.00. The quantitative estimate of drug-likeness (QED) is 0.662. The Bertz CT molecular complexity index is 438. The van der Waals surface area contributed by atoms with E-state index in [1.54, 1.807) is 0 Å². The Labute approximate surface area is 150 Å². The predicted octanol–water partition coefficient (Wildman–Crippen LogP) is 4.59. The van der Waals surface area contributed by atoms with Gasteiger partial charge in [-0.15, -0.1) is 0 Å². The lowest BCUT2D eigenvalue weighted by molar-refractivity contribution is -0.309. The topological polar surface area (TPSA) is 27.7 Å². The molecule has 152 valence electrons. The molecular weight excluding hydrogens is 359 g/mol. The van der Waals surface area contributed by atoms with Gasteiger partial charge in [-0.3, -0.25) is 0 Å². The van der Waals surface area contributed by atoms with Crippen molar-refractivity contribution in [3.63, 3.8) is 0 Å². The van der Waals surface area contributed by atoms with Crippen LogP contribution < -0.4 is 0 Å². The van der Waals surface area contributed by atoms with Gasteiger partial charge in [0.25, 0.3) is 0 Å². The number of ether oxygens (including phenoxy) is 3. The summed E-state index contributed by atoms with van der Waals surface area (Å²) in [6.07, 6.45) is -11.1. The van der Waals surface area contributed by atoms with Gasteiger partial charge in [0.1, 0.15) is 12.3 Å². The molecule has 2 saturated carbocycles. The molecule has 0 aromatic rings. The van der Waals surface area contributed by atoms with Crippen LogP contribution in [0.3, 0.4) is 0 Å². The fourth-order valence-electron chi connectivity index (χ4n) is 4.11. The minimum absolute atomic E-state index is 0.0713. The van der Waals surface area contributed by atoms with Gasteiger partial charge in [-0.05, 0) is 25.7 Å². The zero-order chi connectivity index (χ0) is 18.9. The van der Waals surface area contributed by atoms with Crippen molar-refractivity contribution in [2.75, 3.05) is 13.2 Å². The highest BCUT2D eigenvalue weighted by atomic mass is 19.3. The maximum absolute atomic E-state index is 14.4. The molecule has 2 aliphatic carbocycles. The molecule has 0 aromatic heterocycles. The number of hydrogen-bond acceptors (Lipinski definition) is 3. The number of halogens is 5. The minimum atomic E-state index is -3.47. The van der Waals surface area contributed by atoms with Gasteiger partial charge in [-0.1, -0.05) is 6.92 Å². The molecule has 0 N–H and O–H groups in total. The van der Waals surface area contributed by atoms with Crippen molar-refractivity contribution in [1.29, 1.82) is 0 Å². The Morgan fingerprint density at radius 2 is 1.42 bits per heavy atom. The summed E-state index contributed by atoms with van der Waals surface area (Å²) >= 11 is 0. The highest BCUT2D eigenvalue weighted by molar-refractivity contribution is 4.89. The van der Waals surface area contributed by atoms with Gasteiger partial charge in [0.05, 0.1) is 25.2 Å². The largest absolute Gasteiger partial charge is 0.358 e. The van der Waals surface area contributed by atoms with Crippen LogP contribution in [0.1, 0.15) is 45.4 Å². The second-order valence-corrected chi connectivity index (χ2v) is 8.00. The second kappa shape index (κ2) is 8.27. The molecule has 0 aromatic carbocycles. The molecule has 0 bridgehead atoms. The molecule has 3 fully saturated rings. The number of rotatable bonds is 4. The average Bonchev–Trinajstić information content (AvgIpc) is 2.60. The molecule has 3 nitrogen and oxygen atoms in total. The monoisotopic (exact) mass is 386 g/mol. The van der Waals surface area contributed by atoms with Crippen molar-refractivity contribution < 1.29 is 36.2 Å². The highest BCUT2D eigenvalue weighted by Crippen LogP contribution is 2.43. The van der Waals surface area contributed by atoms with E-state index in [4.69, 9.17) is 14.2 Å². The first-order valence-electron chi connectivity index (χ1n) is 9.47. The van der Waals surface area contributed by atoms with Gasteiger partial charge in [0, 0.05) is 24.7 Å². The zero-order valence-corrected chi connectivity index (χ0v) is 14.9. The fourth-order valence-corrected chi connectivity index (χ4v) is 4.11. The molecule has 0 amide bonds. The van der Waals surface area contributed by atoms with Crippen LogP contribution in [0.5, 0.6) is 0 Å². The molecule has 8 heteroatoms. The van der Waals surface area contributed by atoms with E-state index in [1.165, 1.54) is 0 Å². The van der Waals surface area contributed by atoms with Crippen LogP contribution in [0.2, 0.25) is 0 Å².